The summed E-state index contributed by atoms with van der Waals surface area (Å²) in [6.07, 6.45) is 1.49. The molecule has 2 heterocycles. The zero-order chi connectivity index (χ0) is 11.1. The fourth-order valence-corrected chi connectivity index (χ4v) is 1.34. The van der Waals surface area contributed by atoms with Crippen molar-refractivity contribution in [3.8, 4) is 11.5 Å². The third-order valence-corrected chi connectivity index (χ3v) is 2.10. The molecule has 0 aromatic carbocycles. The first-order valence-corrected chi connectivity index (χ1v) is 4.44. The molecule has 2 aromatic heterocycles. The van der Waals surface area contributed by atoms with Gasteiger partial charge in [0.25, 0.3) is 5.92 Å². The van der Waals surface area contributed by atoms with Crippen LogP contribution in [-0.4, -0.2) is 9.78 Å². The van der Waals surface area contributed by atoms with Crippen molar-refractivity contribution in [1.82, 2.24) is 9.78 Å². The lowest BCUT2D eigenvalue weighted by atomic mass is 10.2. The molecular weight excluding hydrogens is 202 g/mol. The quantitative estimate of drug-likeness (QED) is 0.766. The summed E-state index contributed by atoms with van der Waals surface area (Å²) >= 11 is 0. The van der Waals surface area contributed by atoms with Crippen molar-refractivity contribution in [1.29, 1.82) is 0 Å². The molecule has 0 radical (unpaired) electrons. The Morgan fingerprint density at radius 3 is 2.67 bits per heavy atom. The monoisotopic (exact) mass is 212 g/mol. The van der Waals surface area contributed by atoms with E-state index in [9.17, 15) is 8.78 Å². The molecule has 3 nitrogen and oxygen atoms in total. The second-order valence-corrected chi connectivity index (χ2v) is 3.40. The molecule has 80 valence electrons. The normalized spacial score (nSPS) is 12.0. The van der Waals surface area contributed by atoms with Crippen molar-refractivity contribution >= 4 is 0 Å². The SMILES string of the molecule is Cn1nc(C(C)(F)F)cc1-c1ccco1. The molecule has 0 saturated carbocycles. The molecule has 15 heavy (non-hydrogen) atoms. The van der Waals surface area contributed by atoms with E-state index in [0.29, 0.717) is 11.5 Å². The van der Waals surface area contributed by atoms with Crippen LogP contribution in [0.15, 0.2) is 28.9 Å². The van der Waals surface area contributed by atoms with Gasteiger partial charge in [0.05, 0.1) is 6.26 Å². The zero-order valence-corrected chi connectivity index (χ0v) is 8.37. The summed E-state index contributed by atoms with van der Waals surface area (Å²) < 4.78 is 32.5. The lowest BCUT2D eigenvalue weighted by molar-refractivity contribution is 0.0122. The summed E-state index contributed by atoms with van der Waals surface area (Å²) in [6, 6.07) is 4.74. The van der Waals surface area contributed by atoms with Crippen molar-refractivity contribution in [2.45, 2.75) is 12.8 Å². The molecule has 2 aromatic rings. The number of hydrogen-bond acceptors (Lipinski definition) is 2. The number of aromatic nitrogens is 2. The van der Waals surface area contributed by atoms with Gasteiger partial charge in [-0.25, -0.2) is 0 Å². The van der Waals surface area contributed by atoms with E-state index in [1.54, 1.807) is 19.2 Å². The Balaban J connectivity index is 2.47. The molecule has 0 spiro atoms. The zero-order valence-electron chi connectivity index (χ0n) is 8.37. The van der Waals surface area contributed by atoms with Gasteiger partial charge in [-0.15, -0.1) is 0 Å². The van der Waals surface area contributed by atoms with E-state index in [1.807, 2.05) is 0 Å². The minimum atomic E-state index is -2.93. The summed E-state index contributed by atoms with van der Waals surface area (Å²) in [5.41, 5.74) is 0.285. The minimum Gasteiger partial charge on any atom is -0.463 e. The van der Waals surface area contributed by atoms with Crippen LogP contribution in [0.2, 0.25) is 0 Å². The highest BCUT2D eigenvalue weighted by Crippen LogP contribution is 2.29. The molecule has 0 bridgehead atoms. The van der Waals surface area contributed by atoms with E-state index >= 15 is 0 Å². The van der Waals surface area contributed by atoms with Gasteiger partial charge in [0.15, 0.2) is 5.76 Å². The predicted octanol–water partition coefficient (Wildman–Crippen LogP) is 2.79. The number of hydrogen-bond donors (Lipinski definition) is 0. The molecule has 0 amide bonds. The van der Waals surface area contributed by atoms with E-state index < -0.39 is 5.92 Å². The number of halogens is 2. The van der Waals surface area contributed by atoms with Crippen molar-refractivity contribution < 1.29 is 13.2 Å². The number of aryl methyl sites for hydroxylation is 1. The first kappa shape index (κ1) is 9.89. The van der Waals surface area contributed by atoms with Gasteiger partial charge in [0, 0.05) is 14.0 Å². The lowest BCUT2D eigenvalue weighted by Gasteiger charge is -2.03. The molecule has 0 aliphatic carbocycles. The first-order chi connectivity index (χ1) is 6.98. The third kappa shape index (κ3) is 1.77. The molecule has 0 N–H and O–H groups in total. The summed E-state index contributed by atoms with van der Waals surface area (Å²) in [6.45, 7) is 0.821. The highest BCUT2D eigenvalue weighted by molar-refractivity contribution is 5.53. The predicted molar refractivity (Wildman–Crippen MR) is 50.5 cm³/mol. The van der Waals surface area contributed by atoms with Gasteiger partial charge in [-0.05, 0) is 18.2 Å². The number of rotatable bonds is 2. The lowest BCUT2D eigenvalue weighted by Crippen LogP contribution is -2.08. The van der Waals surface area contributed by atoms with Crippen LogP contribution in [-0.2, 0) is 13.0 Å². The topological polar surface area (TPSA) is 31.0 Å². The Kier molecular flexibility index (Phi) is 2.10. The molecule has 0 unspecified atom stereocenters. The van der Waals surface area contributed by atoms with Gasteiger partial charge in [-0.3, -0.25) is 4.68 Å². The molecule has 0 aliphatic heterocycles. The minimum absolute atomic E-state index is 0.253. The van der Waals surface area contributed by atoms with Crippen LogP contribution in [0.25, 0.3) is 11.5 Å². The number of alkyl halides is 2. The summed E-state index contributed by atoms with van der Waals surface area (Å²) in [5.74, 6) is -2.40. The maximum absolute atomic E-state index is 13.0. The smallest absolute Gasteiger partial charge is 0.288 e. The fraction of sp³-hybridized carbons (Fsp3) is 0.300. The van der Waals surface area contributed by atoms with Crippen LogP contribution in [0.5, 0.6) is 0 Å². The Labute approximate surface area is 85.3 Å². The van der Waals surface area contributed by atoms with Gasteiger partial charge in [-0.2, -0.15) is 13.9 Å². The maximum Gasteiger partial charge on any atom is 0.288 e. The molecule has 2 rings (SSSR count). The van der Waals surface area contributed by atoms with Crippen LogP contribution in [0.1, 0.15) is 12.6 Å². The molecule has 0 aliphatic rings. The summed E-state index contributed by atoms with van der Waals surface area (Å²) in [7, 11) is 1.60. The van der Waals surface area contributed by atoms with Gasteiger partial charge < -0.3 is 4.42 Å². The van der Waals surface area contributed by atoms with E-state index in [2.05, 4.69) is 5.10 Å². The van der Waals surface area contributed by atoms with Crippen molar-refractivity contribution in [3.63, 3.8) is 0 Å². The second-order valence-electron chi connectivity index (χ2n) is 3.40. The molecule has 0 saturated heterocycles. The van der Waals surface area contributed by atoms with Gasteiger partial charge in [0.2, 0.25) is 0 Å². The van der Waals surface area contributed by atoms with Gasteiger partial charge in [0.1, 0.15) is 11.4 Å². The first-order valence-electron chi connectivity index (χ1n) is 4.44. The van der Waals surface area contributed by atoms with E-state index in [1.165, 1.54) is 17.0 Å². The standard InChI is InChI=1S/C10H10F2N2O/c1-10(11,12)9-6-7(14(2)13-9)8-4-3-5-15-8/h3-6H,1-2H3. The second kappa shape index (κ2) is 3.18. The number of nitrogens with zero attached hydrogens (tertiary/aromatic N) is 2. The summed E-state index contributed by atoms with van der Waals surface area (Å²) in [4.78, 5) is 0. The highest BCUT2D eigenvalue weighted by atomic mass is 19.3. The molecule has 0 fully saturated rings. The Morgan fingerprint density at radius 1 is 1.47 bits per heavy atom. The van der Waals surface area contributed by atoms with Crippen LogP contribution in [0.4, 0.5) is 8.78 Å². The van der Waals surface area contributed by atoms with Crippen LogP contribution < -0.4 is 0 Å². The van der Waals surface area contributed by atoms with Crippen molar-refractivity contribution in [3.05, 3.63) is 30.2 Å². The largest absolute Gasteiger partial charge is 0.463 e. The molecular formula is C10H10F2N2O. The molecule has 0 atom stereocenters. The van der Waals surface area contributed by atoms with Crippen molar-refractivity contribution in [2.75, 3.05) is 0 Å². The summed E-state index contributed by atoms with van der Waals surface area (Å²) in [5, 5.41) is 3.74. The number of furan rings is 1. The van der Waals surface area contributed by atoms with E-state index in [4.69, 9.17) is 4.42 Å². The average molecular weight is 212 g/mol. The average Bonchev–Trinajstić information content (AvgIpc) is 2.69. The third-order valence-electron chi connectivity index (χ3n) is 2.10. The van der Waals surface area contributed by atoms with E-state index in [-0.39, 0.29) is 5.69 Å². The highest BCUT2D eigenvalue weighted by Gasteiger charge is 2.29. The Hall–Kier alpha value is -1.65. The molecule has 5 heteroatoms. The van der Waals surface area contributed by atoms with Gasteiger partial charge in [-0.1, -0.05) is 0 Å². The van der Waals surface area contributed by atoms with Crippen LogP contribution in [0, 0.1) is 0 Å². The van der Waals surface area contributed by atoms with Crippen LogP contribution >= 0.6 is 0 Å². The Bertz CT molecular complexity index is 454. The van der Waals surface area contributed by atoms with Crippen LogP contribution in [0.3, 0.4) is 0 Å². The Morgan fingerprint density at radius 2 is 2.20 bits per heavy atom. The van der Waals surface area contributed by atoms with Crippen molar-refractivity contribution in [2.24, 2.45) is 7.05 Å². The van der Waals surface area contributed by atoms with Gasteiger partial charge >= 0.3 is 0 Å². The fourth-order valence-electron chi connectivity index (χ4n) is 1.34. The van der Waals surface area contributed by atoms with E-state index in [0.717, 1.165) is 6.92 Å². The maximum atomic E-state index is 13.0.